The van der Waals surface area contributed by atoms with E-state index in [4.69, 9.17) is 16.3 Å². The molecule has 0 aromatic heterocycles. The predicted octanol–water partition coefficient (Wildman–Crippen LogP) is 2.56. The summed E-state index contributed by atoms with van der Waals surface area (Å²) in [5.74, 6) is 0. The average molecular weight is 313 g/mol. The predicted molar refractivity (Wildman–Crippen MR) is 82.8 cm³/mol. The van der Waals surface area contributed by atoms with Gasteiger partial charge < -0.3 is 15.2 Å². The van der Waals surface area contributed by atoms with Crippen LogP contribution in [0.3, 0.4) is 0 Å². The van der Waals surface area contributed by atoms with Gasteiger partial charge in [0.2, 0.25) is 0 Å². The van der Waals surface area contributed by atoms with Crippen LogP contribution in [0.15, 0.2) is 18.2 Å². The number of β-amino-alcohol motifs (C(OH)–C–C–N with tert-alkyl or cyclic N) is 1. The molecule has 2 rings (SSSR count). The number of halogens is 1. The zero-order valence-electron chi connectivity index (χ0n) is 12.5. The Morgan fingerprint density at radius 2 is 2.14 bits per heavy atom. The number of aliphatic hydroxyl groups is 1. The van der Waals surface area contributed by atoms with E-state index >= 15 is 0 Å². The van der Waals surface area contributed by atoms with Crippen molar-refractivity contribution >= 4 is 23.4 Å². The lowest BCUT2D eigenvalue weighted by atomic mass is 9.88. The van der Waals surface area contributed by atoms with E-state index in [9.17, 15) is 9.90 Å². The van der Waals surface area contributed by atoms with E-state index in [0.717, 1.165) is 5.56 Å². The lowest BCUT2D eigenvalue weighted by Crippen LogP contribution is -2.60. The Morgan fingerprint density at radius 3 is 2.67 bits per heavy atom. The number of carbonyl (C=O) groups is 1. The quantitative estimate of drug-likeness (QED) is 0.802. The molecule has 6 heteroatoms. The molecule has 0 bridgehead atoms. The minimum atomic E-state index is -0.783. The van der Waals surface area contributed by atoms with Crippen LogP contribution in [0.4, 0.5) is 10.5 Å². The van der Waals surface area contributed by atoms with Crippen LogP contribution in [0.25, 0.3) is 0 Å². The van der Waals surface area contributed by atoms with Gasteiger partial charge in [-0.15, -0.1) is 0 Å². The first-order valence-corrected chi connectivity index (χ1v) is 7.26. The van der Waals surface area contributed by atoms with Crippen LogP contribution >= 0.6 is 11.6 Å². The number of rotatable bonds is 3. The third-order valence-electron chi connectivity index (χ3n) is 3.13. The van der Waals surface area contributed by atoms with Gasteiger partial charge in [-0.1, -0.05) is 11.6 Å². The SMILES string of the molecule is CC(C)(C)OC(=O)Nc1ccc(Cl)cc1CC1(O)CNC1. The van der Waals surface area contributed by atoms with Gasteiger partial charge in [-0.25, -0.2) is 4.79 Å². The van der Waals surface area contributed by atoms with Crippen LogP contribution in [0.2, 0.25) is 5.02 Å². The highest BCUT2D eigenvalue weighted by atomic mass is 35.5. The number of benzene rings is 1. The molecule has 0 aliphatic carbocycles. The summed E-state index contributed by atoms with van der Waals surface area (Å²) >= 11 is 6.01. The Hall–Kier alpha value is -1.30. The molecule has 1 aromatic carbocycles. The van der Waals surface area contributed by atoms with E-state index in [1.807, 2.05) is 0 Å². The minimum absolute atomic E-state index is 0.422. The molecule has 1 aromatic rings. The van der Waals surface area contributed by atoms with E-state index in [0.29, 0.717) is 30.2 Å². The largest absolute Gasteiger partial charge is 0.444 e. The molecule has 1 amide bonds. The summed E-state index contributed by atoms with van der Waals surface area (Å²) in [6, 6.07) is 5.17. The molecule has 1 aliphatic rings. The van der Waals surface area contributed by atoms with Gasteiger partial charge in [0.1, 0.15) is 5.60 Å². The zero-order valence-corrected chi connectivity index (χ0v) is 13.3. The van der Waals surface area contributed by atoms with Crippen molar-refractivity contribution in [3.05, 3.63) is 28.8 Å². The zero-order chi connectivity index (χ0) is 15.7. The van der Waals surface area contributed by atoms with Crippen molar-refractivity contribution in [1.82, 2.24) is 5.32 Å². The summed E-state index contributed by atoms with van der Waals surface area (Å²) in [6.07, 6.45) is -0.101. The van der Waals surface area contributed by atoms with E-state index in [1.54, 1.807) is 39.0 Å². The van der Waals surface area contributed by atoms with Crippen LogP contribution in [0.5, 0.6) is 0 Å². The van der Waals surface area contributed by atoms with E-state index in [1.165, 1.54) is 0 Å². The van der Waals surface area contributed by atoms with Gasteiger partial charge in [0.25, 0.3) is 0 Å². The van der Waals surface area contributed by atoms with Gasteiger partial charge in [-0.05, 0) is 44.5 Å². The summed E-state index contributed by atoms with van der Waals surface area (Å²) in [5.41, 5.74) is 0.0493. The number of amides is 1. The molecule has 0 spiro atoms. The van der Waals surface area contributed by atoms with Crippen molar-refractivity contribution in [1.29, 1.82) is 0 Å². The molecule has 0 atom stereocenters. The Balaban J connectivity index is 2.13. The van der Waals surface area contributed by atoms with Gasteiger partial charge in [0.05, 0.1) is 5.60 Å². The molecule has 21 heavy (non-hydrogen) atoms. The smallest absolute Gasteiger partial charge is 0.412 e. The highest BCUT2D eigenvalue weighted by Gasteiger charge is 2.35. The van der Waals surface area contributed by atoms with E-state index < -0.39 is 17.3 Å². The molecule has 1 saturated heterocycles. The highest BCUT2D eigenvalue weighted by Crippen LogP contribution is 2.27. The van der Waals surface area contributed by atoms with E-state index in [2.05, 4.69) is 10.6 Å². The number of hydrogen-bond donors (Lipinski definition) is 3. The summed E-state index contributed by atoms with van der Waals surface area (Å²) in [4.78, 5) is 11.9. The Bertz CT molecular complexity index is 536. The number of ether oxygens (including phenoxy) is 1. The first kappa shape index (κ1) is 16.1. The van der Waals surface area contributed by atoms with Crippen molar-refractivity contribution in [3.63, 3.8) is 0 Å². The minimum Gasteiger partial charge on any atom is -0.444 e. The maximum atomic E-state index is 11.9. The lowest BCUT2D eigenvalue weighted by Gasteiger charge is -2.38. The van der Waals surface area contributed by atoms with Crippen LogP contribution in [-0.4, -0.2) is 35.5 Å². The standard InChI is InChI=1S/C15H21ClN2O3/c1-14(2,3)21-13(19)18-12-5-4-11(16)6-10(12)7-15(20)8-17-9-15/h4-6,17,20H,7-9H2,1-3H3,(H,18,19). The fraction of sp³-hybridized carbons (Fsp3) is 0.533. The Morgan fingerprint density at radius 1 is 1.48 bits per heavy atom. The van der Waals surface area contributed by atoms with Crippen molar-refractivity contribution in [3.8, 4) is 0 Å². The molecule has 0 radical (unpaired) electrons. The Labute approximate surface area is 129 Å². The second-order valence-corrected chi connectivity index (χ2v) is 6.87. The molecule has 1 heterocycles. The molecular weight excluding hydrogens is 292 g/mol. The molecule has 0 saturated carbocycles. The van der Waals surface area contributed by atoms with Crippen LogP contribution < -0.4 is 10.6 Å². The van der Waals surface area contributed by atoms with Gasteiger partial charge in [0.15, 0.2) is 0 Å². The fourth-order valence-electron chi connectivity index (χ4n) is 2.14. The summed E-state index contributed by atoms with van der Waals surface area (Å²) in [7, 11) is 0. The molecular formula is C15H21ClN2O3. The Kier molecular flexibility index (Phi) is 4.46. The third kappa shape index (κ3) is 4.59. The number of nitrogens with one attached hydrogen (secondary N) is 2. The van der Waals surface area contributed by atoms with Crippen molar-refractivity contribution in [2.75, 3.05) is 18.4 Å². The van der Waals surface area contributed by atoms with Crippen molar-refractivity contribution in [2.24, 2.45) is 0 Å². The number of carbonyl (C=O) groups excluding carboxylic acids is 1. The maximum Gasteiger partial charge on any atom is 0.412 e. The maximum absolute atomic E-state index is 11.9. The van der Waals surface area contributed by atoms with Crippen LogP contribution in [0, 0.1) is 0 Å². The van der Waals surface area contributed by atoms with E-state index in [-0.39, 0.29) is 0 Å². The molecule has 5 nitrogen and oxygen atoms in total. The number of hydrogen-bond acceptors (Lipinski definition) is 4. The summed E-state index contributed by atoms with van der Waals surface area (Å²) < 4.78 is 5.24. The van der Waals surface area contributed by atoms with Gasteiger partial charge in [0, 0.05) is 30.2 Å². The average Bonchev–Trinajstić information content (AvgIpc) is 2.28. The lowest BCUT2D eigenvalue weighted by molar-refractivity contribution is -0.00893. The van der Waals surface area contributed by atoms with Gasteiger partial charge in [-0.3, -0.25) is 5.32 Å². The van der Waals surface area contributed by atoms with Crippen molar-refractivity contribution in [2.45, 2.75) is 38.4 Å². The van der Waals surface area contributed by atoms with Crippen LogP contribution in [0.1, 0.15) is 26.3 Å². The topological polar surface area (TPSA) is 70.6 Å². The van der Waals surface area contributed by atoms with Gasteiger partial charge >= 0.3 is 6.09 Å². The summed E-state index contributed by atoms with van der Waals surface area (Å²) in [5, 5.41) is 16.6. The summed E-state index contributed by atoms with van der Waals surface area (Å²) in [6.45, 7) is 6.48. The normalized spacial score (nSPS) is 17.0. The van der Waals surface area contributed by atoms with Crippen molar-refractivity contribution < 1.29 is 14.6 Å². The molecule has 116 valence electrons. The molecule has 1 fully saturated rings. The molecule has 1 aliphatic heterocycles. The first-order chi connectivity index (χ1) is 9.67. The fourth-order valence-corrected chi connectivity index (χ4v) is 2.33. The van der Waals surface area contributed by atoms with Gasteiger partial charge in [-0.2, -0.15) is 0 Å². The second kappa shape index (κ2) is 5.83. The second-order valence-electron chi connectivity index (χ2n) is 6.43. The molecule has 0 unspecified atom stereocenters. The first-order valence-electron chi connectivity index (χ1n) is 6.88. The molecule has 3 N–H and O–H groups in total. The number of anilines is 1. The monoisotopic (exact) mass is 312 g/mol. The third-order valence-corrected chi connectivity index (χ3v) is 3.37. The highest BCUT2D eigenvalue weighted by molar-refractivity contribution is 6.30. The van der Waals surface area contributed by atoms with Crippen LogP contribution in [-0.2, 0) is 11.2 Å².